The summed E-state index contributed by atoms with van der Waals surface area (Å²) in [6, 6.07) is 5.64. The number of hydrogen-bond acceptors (Lipinski definition) is 6. The number of nitrogens with one attached hydrogen (secondary N) is 2. The van der Waals surface area contributed by atoms with Crippen LogP contribution in [0.5, 0.6) is 0 Å². The van der Waals surface area contributed by atoms with Crippen LogP contribution in [0.25, 0.3) is 0 Å². The van der Waals surface area contributed by atoms with Crippen molar-refractivity contribution in [2.45, 2.75) is 25.8 Å². The van der Waals surface area contributed by atoms with Crippen molar-refractivity contribution in [3.8, 4) is 0 Å². The molecule has 0 radical (unpaired) electrons. The van der Waals surface area contributed by atoms with Crippen molar-refractivity contribution in [1.82, 2.24) is 14.9 Å². The SMILES string of the molecule is CCOC(=O)N1CCC(Nc2ncc(C(=O)Nc3ccc(F)cc3)cn2)CC1. The van der Waals surface area contributed by atoms with Crippen molar-refractivity contribution in [2.75, 3.05) is 30.3 Å². The zero-order valence-electron chi connectivity index (χ0n) is 15.5. The Morgan fingerprint density at radius 2 is 1.82 bits per heavy atom. The number of nitrogens with zero attached hydrogens (tertiary/aromatic N) is 3. The smallest absolute Gasteiger partial charge is 0.409 e. The second-order valence-electron chi connectivity index (χ2n) is 6.36. The van der Waals surface area contributed by atoms with Crippen LogP contribution in [-0.4, -0.2) is 52.6 Å². The van der Waals surface area contributed by atoms with Gasteiger partial charge < -0.3 is 20.3 Å². The normalized spacial score (nSPS) is 14.4. The number of hydrogen-bond donors (Lipinski definition) is 2. The molecule has 0 atom stereocenters. The van der Waals surface area contributed by atoms with Gasteiger partial charge in [-0.3, -0.25) is 4.79 Å². The number of halogens is 1. The monoisotopic (exact) mass is 387 g/mol. The molecule has 3 rings (SSSR count). The minimum Gasteiger partial charge on any atom is -0.450 e. The number of benzene rings is 1. The highest BCUT2D eigenvalue weighted by Crippen LogP contribution is 2.15. The van der Waals surface area contributed by atoms with E-state index in [9.17, 15) is 14.0 Å². The second kappa shape index (κ2) is 9.12. The average molecular weight is 387 g/mol. The third-order valence-corrected chi connectivity index (χ3v) is 4.37. The fraction of sp³-hybridized carbons (Fsp3) is 0.368. The zero-order valence-corrected chi connectivity index (χ0v) is 15.5. The summed E-state index contributed by atoms with van der Waals surface area (Å²) in [5.74, 6) is -0.321. The Morgan fingerprint density at radius 1 is 1.18 bits per heavy atom. The molecule has 0 unspecified atom stereocenters. The summed E-state index contributed by atoms with van der Waals surface area (Å²) < 4.78 is 17.9. The fourth-order valence-electron chi connectivity index (χ4n) is 2.86. The van der Waals surface area contributed by atoms with Gasteiger partial charge in [0, 0.05) is 37.2 Å². The van der Waals surface area contributed by atoms with E-state index in [0.29, 0.717) is 36.9 Å². The third-order valence-electron chi connectivity index (χ3n) is 4.37. The Kier molecular flexibility index (Phi) is 6.36. The van der Waals surface area contributed by atoms with Gasteiger partial charge in [-0.15, -0.1) is 0 Å². The maximum absolute atomic E-state index is 12.9. The lowest BCUT2D eigenvalue weighted by Crippen LogP contribution is -2.42. The van der Waals surface area contributed by atoms with Crippen LogP contribution in [0.2, 0.25) is 0 Å². The molecular formula is C19H22FN5O3. The number of piperidine rings is 1. The lowest BCUT2D eigenvalue weighted by molar-refractivity contribution is 0.0982. The number of aromatic nitrogens is 2. The van der Waals surface area contributed by atoms with Crippen LogP contribution in [0.15, 0.2) is 36.7 Å². The predicted molar refractivity (Wildman–Crippen MR) is 102 cm³/mol. The molecule has 2 amide bonds. The van der Waals surface area contributed by atoms with Crippen molar-refractivity contribution >= 4 is 23.6 Å². The first-order chi connectivity index (χ1) is 13.5. The van der Waals surface area contributed by atoms with E-state index < -0.39 is 0 Å². The van der Waals surface area contributed by atoms with E-state index in [4.69, 9.17) is 4.74 Å². The van der Waals surface area contributed by atoms with Crippen LogP contribution in [0, 0.1) is 5.82 Å². The van der Waals surface area contributed by atoms with Gasteiger partial charge >= 0.3 is 6.09 Å². The number of rotatable bonds is 5. The quantitative estimate of drug-likeness (QED) is 0.819. The van der Waals surface area contributed by atoms with E-state index >= 15 is 0 Å². The van der Waals surface area contributed by atoms with Gasteiger partial charge in [0.15, 0.2) is 0 Å². The van der Waals surface area contributed by atoms with Crippen LogP contribution in [0.4, 0.5) is 20.8 Å². The Labute approximate surface area is 162 Å². The molecule has 1 aromatic heterocycles. The molecular weight excluding hydrogens is 365 g/mol. The van der Waals surface area contributed by atoms with Gasteiger partial charge in [0.2, 0.25) is 5.95 Å². The highest BCUT2D eigenvalue weighted by Gasteiger charge is 2.23. The summed E-state index contributed by atoms with van der Waals surface area (Å²) in [5.41, 5.74) is 0.786. The molecule has 0 aliphatic carbocycles. The maximum Gasteiger partial charge on any atom is 0.409 e. The van der Waals surface area contributed by atoms with Gasteiger partial charge in [-0.1, -0.05) is 0 Å². The fourth-order valence-corrected chi connectivity index (χ4v) is 2.86. The summed E-state index contributed by atoms with van der Waals surface area (Å²) in [6.45, 7) is 3.36. The number of likely N-dealkylation sites (tertiary alicyclic amines) is 1. The Hall–Kier alpha value is -3.23. The van der Waals surface area contributed by atoms with Gasteiger partial charge in [0.1, 0.15) is 5.82 Å². The summed E-state index contributed by atoms with van der Waals surface area (Å²) in [7, 11) is 0. The van der Waals surface area contributed by atoms with E-state index in [1.165, 1.54) is 36.7 Å². The lowest BCUT2D eigenvalue weighted by Gasteiger charge is -2.31. The van der Waals surface area contributed by atoms with Crippen LogP contribution >= 0.6 is 0 Å². The molecule has 1 fully saturated rings. The van der Waals surface area contributed by atoms with Crippen LogP contribution in [0.3, 0.4) is 0 Å². The summed E-state index contributed by atoms with van der Waals surface area (Å²) in [5, 5.41) is 5.88. The van der Waals surface area contributed by atoms with Gasteiger partial charge in [-0.05, 0) is 44.0 Å². The molecule has 28 heavy (non-hydrogen) atoms. The van der Waals surface area contributed by atoms with Crippen molar-refractivity contribution in [3.63, 3.8) is 0 Å². The summed E-state index contributed by atoms with van der Waals surface area (Å²) in [4.78, 5) is 34.0. The molecule has 0 bridgehead atoms. The number of ether oxygens (including phenoxy) is 1. The van der Waals surface area contributed by atoms with Crippen molar-refractivity contribution < 1.29 is 18.7 Å². The minimum atomic E-state index is -0.374. The largest absolute Gasteiger partial charge is 0.450 e. The van der Waals surface area contributed by atoms with Gasteiger partial charge in [-0.2, -0.15) is 0 Å². The second-order valence-corrected chi connectivity index (χ2v) is 6.36. The molecule has 1 aromatic carbocycles. The molecule has 8 nitrogen and oxygen atoms in total. The Balaban J connectivity index is 1.50. The molecule has 1 saturated heterocycles. The predicted octanol–water partition coefficient (Wildman–Crippen LogP) is 2.90. The van der Waals surface area contributed by atoms with E-state index in [0.717, 1.165) is 12.8 Å². The van der Waals surface area contributed by atoms with E-state index in [1.807, 2.05) is 0 Å². The number of amides is 2. The highest BCUT2D eigenvalue weighted by atomic mass is 19.1. The minimum absolute atomic E-state index is 0.143. The lowest BCUT2D eigenvalue weighted by atomic mass is 10.1. The first-order valence-electron chi connectivity index (χ1n) is 9.12. The first-order valence-corrected chi connectivity index (χ1v) is 9.12. The van der Waals surface area contributed by atoms with Crippen molar-refractivity contribution in [2.24, 2.45) is 0 Å². The van der Waals surface area contributed by atoms with E-state index in [1.54, 1.807) is 11.8 Å². The Morgan fingerprint density at radius 3 is 2.43 bits per heavy atom. The molecule has 0 spiro atoms. The Bertz CT molecular complexity index is 805. The number of carbonyl (C=O) groups excluding carboxylic acids is 2. The number of anilines is 2. The standard InChI is InChI=1S/C19H22FN5O3/c1-2-28-19(27)25-9-7-16(8-10-25)24-18-21-11-13(12-22-18)17(26)23-15-5-3-14(20)4-6-15/h3-6,11-12,16H,2,7-10H2,1H3,(H,23,26)(H,21,22,24). The third kappa shape index (κ3) is 5.15. The van der Waals surface area contributed by atoms with Crippen LogP contribution in [-0.2, 0) is 4.74 Å². The van der Waals surface area contributed by atoms with Crippen LogP contribution < -0.4 is 10.6 Å². The molecule has 2 heterocycles. The van der Waals surface area contributed by atoms with E-state index in [-0.39, 0.29) is 23.9 Å². The van der Waals surface area contributed by atoms with Gasteiger partial charge in [0.25, 0.3) is 5.91 Å². The van der Waals surface area contributed by atoms with Gasteiger partial charge in [0.05, 0.1) is 12.2 Å². The molecule has 1 aliphatic heterocycles. The number of carbonyl (C=O) groups is 2. The van der Waals surface area contributed by atoms with Crippen LogP contribution in [0.1, 0.15) is 30.1 Å². The zero-order chi connectivity index (χ0) is 19.9. The summed E-state index contributed by atoms with van der Waals surface area (Å²) in [6.07, 6.45) is 4.10. The molecule has 0 saturated carbocycles. The van der Waals surface area contributed by atoms with Crippen molar-refractivity contribution in [3.05, 3.63) is 48.0 Å². The van der Waals surface area contributed by atoms with E-state index in [2.05, 4.69) is 20.6 Å². The topological polar surface area (TPSA) is 96.5 Å². The average Bonchev–Trinajstić information content (AvgIpc) is 2.71. The van der Waals surface area contributed by atoms with Crippen molar-refractivity contribution in [1.29, 1.82) is 0 Å². The van der Waals surface area contributed by atoms with Gasteiger partial charge in [-0.25, -0.2) is 19.2 Å². The molecule has 2 aromatic rings. The molecule has 9 heteroatoms. The molecule has 2 N–H and O–H groups in total. The maximum atomic E-state index is 12.9. The first kappa shape index (κ1) is 19.5. The molecule has 1 aliphatic rings. The molecule has 148 valence electrons. The summed E-state index contributed by atoms with van der Waals surface area (Å²) >= 11 is 0. The highest BCUT2D eigenvalue weighted by molar-refractivity contribution is 6.03.